The van der Waals surface area contributed by atoms with Gasteiger partial charge in [0.2, 0.25) is 0 Å². The van der Waals surface area contributed by atoms with Crippen LogP contribution in [-0.4, -0.2) is 14.1 Å². The van der Waals surface area contributed by atoms with Gasteiger partial charge < -0.3 is 5.41 Å². The Labute approximate surface area is 93.4 Å². The van der Waals surface area contributed by atoms with Crippen molar-refractivity contribution < 1.29 is 0 Å². The van der Waals surface area contributed by atoms with Gasteiger partial charge in [-0.25, -0.2) is 0 Å². The fourth-order valence-corrected chi connectivity index (χ4v) is 1.01. The fourth-order valence-electron chi connectivity index (χ4n) is 1.01. The number of allylic oxidation sites excluding steroid dienone is 3. The first-order valence-electron chi connectivity index (χ1n) is 4.79. The smallest absolute Gasteiger partial charge is 0.113 e. The van der Waals surface area contributed by atoms with Gasteiger partial charge in [-0.05, 0) is 25.0 Å². The quantitative estimate of drug-likeness (QED) is 0.428. The largest absolute Gasteiger partial charge is 0.308 e. The van der Waals surface area contributed by atoms with Crippen molar-refractivity contribution in [3.8, 4) is 0 Å². The number of nitrogens with one attached hydrogen (secondary N) is 1. The molecule has 15 heavy (non-hydrogen) atoms. The van der Waals surface area contributed by atoms with Crippen LogP contribution >= 0.6 is 0 Å². The topological polar surface area (TPSA) is 23.9 Å². The van der Waals surface area contributed by atoms with Crippen LogP contribution in [0.2, 0.25) is 0 Å². The third-order valence-corrected chi connectivity index (χ3v) is 1.71. The Bertz CT molecular complexity index is 336. The molecule has 2 radical (unpaired) electrons. The summed E-state index contributed by atoms with van der Waals surface area (Å²) in [7, 11) is 5.53. The van der Waals surface area contributed by atoms with Crippen LogP contribution < -0.4 is 5.46 Å². The molecule has 0 fully saturated rings. The highest BCUT2D eigenvalue weighted by atomic mass is 14.3. The first-order chi connectivity index (χ1) is 7.19. The average Bonchev–Trinajstić information content (AvgIpc) is 2.24. The average molecular weight is 197 g/mol. The lowest BCUT2D eigenvalue weighted by Gasteiger charge is -2.00. The predicted octanol–water partition coefficient (Wildman–Crippen LogP) is 2.73. The van der Waals surface area contributed by atoms with Gasteiger partial charge in [-0.15, -0.1) is 6.58 Å². The van der Waals surface area contributed by atoms with Gasteiger partial charge in [0, 0.05) is 6.21 Å². The number of hydrogen-bond acceptors (Lipinski definition) is 1. The zero-order valence-corrected chi connectivity index (χ0v) is 9.33. The highest BCUT2D eigenvalue weighted by Gasteiger charge is 1.94. The molecule has 76 valence electrons. The summed E-state index contributed by atoms with van der Waals surface area (Å²) in [6.45, 7) is 7.16. The van der Waals surface area contributed by atoms with Gasteiger partial charge >= 0.3 is 0 Å². The van der Waals surface area contributed by atoms with Crippen LogP contribution in [-0.2, 0) is 0 Å². The van der Waals surface area contributed by atoms with Crippen molar-refractivity contribution in [1.82, 2.24) is 0 Å². The summed E-state index contributed by atoms with van der Waals surface area (Å²) >= 11 is 0. The molecule has 0 amide bonds. The van der Waals surface area contributed by atoms with Gasteiger partial charge in [0.25, 0.3) is 0 Å². The monoisotopic (exact) mass is 197 g/mol. The molecule has 0 spiro atoms. The maximum atomic E-state index is 7.13. The van der Waals surface area contributed by atoms with Gasteiger partial charge in [-0.3, -0.25) is 0 Å². The van der Waals surface area contributed by atoms with Crippen LogP contribution in [0.1, 0.15) is 19.4 Å². The maximum Gasteiger partial charge on any atom is 0.113 e. The molecule has 0 heterocycles. The summed E-state index contributed by atoms with van der Waals surface area (Å²) in [5, 5.41) is 7.13. The van der Waals surface area contributed by atoms with E-state index < -0.39 is 0 Å². The molecular formula is C13H16BN. The second-order valence-electron chi connectivity index (χ2n) is 2.92. The SMILES string of the molecule is C=CC.[B]c1ccc(/C(C=N)=C/C)cc1. The van der Waals surface area contributed by atoms with Crippen LogP contribution in [0.15, 0.2) is 43.0 Å². The Hall–Kier alpha value is -1.57. The Kier molecular flexibility index (Phi) is 6.99. The summed E-state index contributed by atoms with van der Waals surface area (Å²) in [6.07, 6.45) is 4.99. The minimum atomic E-state index is 0.749. The number of rotatable bonds is 2. The summed E-state index contributed by atoms with van der Waals surface area (Å²) in [5.41, 5.74) is 2.69. The zero-order valence-electron chi connectivity index (χ0n) is 9.33. The van der Waals surface area contributed by atoms with Gasteiger partial charge in [0.1, 0.15) is 7.85 Å². The van der Waals surface area contributed by atoms with E-state index in [1.807, 2.05) is 44.2 Å². The first-order valence-corrected chi connectivity index (χ1v) is 4.79. The zero-order chi connectivity index (χ0) is 11.7. The van der Waals surface area contributed by atoms with Crippen LogP contribution in [0.4, 0.5) is 0 Å². The lowest BCUT2D eigenvalue weighted by Crippen LogP contribution is -2.00. The van der Waals surface area contributed by atoms with Crippen molar-refractivity contribution in [3.63, 3.8) is 0 Å². The van der Waals surface area contributed by atoms with E-state index in [1.54, 1.807) is 6.08 Å². The van der Waals surface area contributed by atoms with Crippen molar-refractivity contribution in [2.24, 2.45) is 0 Å². The Morgan fingerprint density at radius 1 is 1.27 bits per heavy atom. The third-order valence-electron chi connectivity index (χ3n) is 1.71. The maximum absolute atomic E-state index is 7.13. The molecule has 0 saturated carbocycles. The van der Waals surface area contributed by atoms with Crippen LogP contribution in [0.5, 0.6) is 0 Å². The summed E-state index contributed by atoms with van der Waals surface area (Å²) in [5.74, 6) is 0. The van der Waals surface area contributed by atoms with Gasteiger partial charge in [-0.2, -0.15) is 0 Å². The summed E-state index contributed by atoms with van der Waals surface area (Å²) in [4.78, 5) is 0. The van der Waals surface area contributed by atoms with E-state index >= 15 is 0 Å². The highest BCUT2D eigenvalue weighted by molar-refractivity contribution is 6.32. The molecule has 1 aromatic carbocycles. The predicted molar refractivity (Wildman–Crippen MR) is 70.1 cm³/mol. The summed E-state index contributed by atoms with van der Waals surface area (Å²) < 4.78 is 0. The van der Waals surface area contributed by atoms with Crippen molar-refractivity contribution >= 4 is 25.1 Å². The lowest BCUT2D eigenvalue weighted by atomic mass is 9.94. The van der Waals surface area contributed by atoms with Crippen LogP contribution in [0.3, 0.4) is 0 Å². The fraction of sp³-hybridized carbons (Fsp3) is 0.154. The number of benzene rings is 1. The van der Waals surface area contributed by atoms with Crippen molar-refractivity contribution in [1.29, 1.82) is 5.41 Å². The van der Waals surface area contributed by atoms with E-state index in [4.69, 9.17) is 13.3 Å². The highest BCUT2D eigenvalue weighted by Crippen LogP contribution is 2.09. The van der Waals surface area contributed by atoms with Gasteiger partial charge in [-0.1, -0.05) is 41.9 Å². The van der Waals surface area contributed by atoms with Crippen molar-refractivity contribution in [3.05, 3.63) is 48.6 Å². The molecule has 0 atom stereocenters. The molecule has 0 saturated heterocycles. The molecular weight excluding hydrogens is 181 g/mol. The lowest BCUT2D eigenvalue weighted by molar-refractivity contribution is 1.56. The molecule has 0 aliphatic heterocycles. The minimum absolute atomic E-state index is 0.749. The van der Waals surface area contributed by atoms with E-state index in [1.165, 1.54) is 6.21 Å². The van der Waals surface area contributed by atoms with E-state index in [0.717, 1.165) is 16.6 Å². The van der Waals surface area contributed by atoms with E-state index in [2.05, 4.69) is 6.58 Å². The Balaban J connectivity index is 0.000000583. The molecule has 2 heteroatoms. The molecule has 1 N–H and O–H groups in total. The van der Waals surface area contributed by atoms with E-state index in [0.29, 0.717) is 0 Å². The molecule has 0 aliphatic carbocycles. The Morgan fingerprint density at radius 3 is 2.07 bits per heavy atom. The molecule has 0 aromatic heterocycles. The van der Waals surface area contributed by atoms with Gasteiger partial charge in [0.05, 0.1) is 0 Å². The van der Waals surface area contributed by atoms with E-state index in [-0.39, 0.29) is 0 Å². The molecule has 1 aromatic rings. The van der Waals surface area contributed by atoms with Crippen LogP contribution in [0, 0.1) is 5.41 Å². The van der Waals surface area contributed by atoms with Crippen LogP contribution in [0.25, 0.3) is 5.57 Å². The molecule has 0 bridgehead atoms. The van der Waals surface area contributed by atoms with Gasteiger partial charge in [0.15, 0.2) is 0 Å². The molecule has 0 aliphatic rings. The van der Waals surface area contributed by atoms with Crippen molar-refractivity contribution in [2.75, 3.05) is 0 Å². The summed E-state index contributed by atoms with van der Waals surface area (Å²) in [6, 6.07) is 7.50. The molecule has 1 rings (SSSR count). The first kappa shape index (κ1) is 13.4. The van der Waals surface area contributed by atoms with Crippen molar-refractivity contribution in [2.45, 2.75) is 13.8 Å². The molecule has 0 unspecified atom stereocenters. The second kappa shape index (κ2) is 7.80. The second-order valence-corrected chi connectivity index (χ2v) is 2.92. The Morgan fingerprint density at radius 2 is 1.73 bits per heavy atom. The normalized spacial score (nSPS) is 9.87. The standard InChI is InChI=1S/C10H10BN.C3H6/c1-2-8(7-12)9-3-5-10(11)6-4-9;1-3-2/h2-7,12H,1H3;3H,1H2,2H3/b8-2+,12-7?;. The third kappa shape index (κ3) is 5.01. The number of hydrogen-bond donors (Lipinski definition) is 1. The minimum Gasteiger partial charge on any atom is -0.308 e. The van der Waals surface area contributed by atoms with E-state index in [9.17, 15) is 0 Å². The molecule has 1 nitrogen and oxygen atoms in total.